The summed E-state index contributed by atoms with van der Waals surface area (Å²) in [5, 5.41) is 14.2. The molecule has 19 heavy (non-hydrogen) atoms. The maximum atomic E-state index is 11.7. The van der Waals surface area contributed by atoms with E-state index in [0.717, 1.165) is 25.9 Å². The highest BCUT2D eigenvalue weighted by Crippen LogP contribution is 2.30. The van der Waals surface area contributed by atoms with E-state index in [0.29, 0.717) is 25.0 Å². The standard InChI is InChI=1S/C12H19N5O2/c1-2-13-7-10-15-16-12(19-10)17-5-3-4-8-9(17)6-14-11(8)18/h8-9,13H,2-7H2,1H3,(H,14,18). The summed E-state index contributed by atoms with van der Waals surface area (Å²) in [7, 11) is 0. The van der Waals surface area contributed by atoms with Crippen LogP contribution in [0.5, 0.6) is 0 Å². The summed E-state index contributed by atoms with van der Waals surface area (Å²) in [4.78, 5) is 13.8. The van der Waals surface area contributed by atoms with Gasteiger partial charge in [0.25, 0.3) is 0 Å². The number of carbonyl (C=O) groups is 1. The lowest BCUT2D eigenvalue weighted by Crippen LogP contribution is -2.45. The van der Waals surface area contributed by atoms with Gasteiger partial charge >= 0.3 is 6.01 Å². The molecule has 2 fully saturated rings. The minimum Gasteiger partial charge on any atom is -0.407 e. The number of carbonyl (C=O) groups excluding carboxylic acids is 1. The van der Waals surface area contributed by atoms with Crippen LogP contribution in [-0.2, 0) is 11.3 Å². The second-order valence-electron chi connectivity index (χ2n) is 5.01. The minimum absolute atomic E-state index is 0.0675. The van der Waals surface area contributed by atoms with Gasteiger partial charge < -0.3 is 20.0 Å². The Hall–Kier alpha value is -1.63. The van der Waals surface area contributed by atoms with Crippen molar-refractivity contribution < 1.29 is 9.21 Å². The molecule has 1 amide bonds. The highest BCUT2D eigenvalue weighted by atomic mass is 16.4. The maximum absolute atomic E-state index is 11.7. The predicted molar refractivity (Wildman–Crippen MR) is 68.5 cm³/mol. The van der Waals surface area contributed by atoms with Crippen LogP contribution in [0.3, 0.4) is 0 Å². The van der Waals surface area contributed by atoms with Crippen molar-refractivity contribution in [3.05, 3.63) is 5.89 Å². The van der Waals surface area contributed by atoms with E-state index in [1.165, 1.54) is 0 Å². The van der Waals surface area contributed by atoms with Crippen LogP contribution in [0.4, 0.5) is 6.01 Å². The van der Waals surface area contributed by atoms with Crippen molar-refractivity contribution >= 4 is 11.9 Å². The fourth-order valence-electron chi connectivity index (χ4n) is 2.85. The summed E-state index contributed by atoms with van der Waals surface area (Å²) >= 11 is 0. The van der Waals surface area contributed by atoms with Crippen molar-refractivity contribution in [3.63, 3.8) is 0 Å². The molecule has 2 atom stereocenters. The van der Waals surface area contributed by atoms with Gasteiger partial charge in [-0.1, -0.05) is 12.0 Å². The van der Waals surface area contributed by atoms with Crippen molar-refractivity contribution in [3.8, 4) is 0 Å². The third-order valence-electron chi connectivity index (χ3n) is 3.83. The zero-order valence-electron chi connectivity index (χ0n) is 11.1. The van der Waals surface area contributed by atoms with Crippen LogP contribution in [0, 0.1) is 5.92 Å². The van der Waals surface area contributed by atoms with Gasteiger partial charge in [-0.15, -0.1) is 5.10 Å². The van der Waals surface area contributed by atoms with E-state index in [2.05, 4.69) is 25.7 Å². The number of hydrogen-bond donors (Lipinski definition) is 2. The molecule has 0 radical (unpaired) electrons. The van der Waals surface area contributed by atoms with Crippen LogP contribution >= 0.6 is 0 Å². The smallest absolute Gasteiger partial charge is 0.318 e. The third-order valence-corrected chi connectivity index (χ3v) is 3.83. The van der Waals surface area contributed by atoms with Crippen LogP contribution in [0.15, 0.2) is 4.42 Å². The number of rotatable bonds is 4. The van der Waals surface area contributed by atoms with Crippen molar-refractivity contribution in [2.45, 2.75) is 32.4 Å². The highest BCUT2D eigenvalue weighted by Gasteiger charge is 2.42. The number of anilines is 1. The van der Waals surface area contributed by atoms with Crippen molar-refractivity contribution in [1.82, 2.24) is 20.8 Å². The molecule has 0 saturated carbocycles. The van der Waals surface area contributed by atoms with Crippen LogP contribution < -0.4 is 15.5 Å². The van der Waals surface area contributed by atoms with E-state index in [4.69, 9.17) is 4.42 Å². The SMILES string of the molecule is CCNCc1nnc(N2CCCC3C(=O)NCC32)o1. The molecule has 3 rings (SSSR count). The molecule has 2 aliphatic rings. The predicted octanol–water partition coefficient (Wildman–Crippen LogP) is -0.106. The molecular formula is C12H19N5O2. The maximum Gasteiger partial charge on any atom is 0.318 e. The van der Waals surface area contributed by atoms with Crippen molar-refractivity contribution in [2.75, 3.05) is 24.5 Å². The van der Waals surface area contributed by atoms with Crippen molar-refractivity contribution in [2.24, 2.45) is 5.92 Å². The number of fused-ring (bicyclic) bond motifs is 1. The minimum atomic E-state index is 0.0675. The molecule has 1 aromatic rings. The van der Waals surface area contributed by atoms with Gasteiger partial charge in [-0.2, -0.15) is 0 Å². The number of piperidine rings is 1. The van der Waals surface area contributed by atoms with E-state index >= 15 is 0 Å². The molecule has 0 aromatic carbocycles. The number of nitrogens with one attached hydrogen (secondary N) is 2. The lowest BCUT2D eigenvalue weighted by atomic mass is 9.92. The first-order valence-electron chi connectivity index (χ1n) is 6.87. The molecule has 2 saturated heterocycles. The van der Waals surface area contributed by atoms with Gasteiger partial charge in [0.05, 0.1) is 18.5 Å². The molecule has 0 aliphatic carbocycles. The fourth-order valence-corrected chi connectivity index (χ4v) is 2.85. The van der Waals surface area contributed by atoms with Gasteiger partial charge in [-0.05, 0) is 19.4 Å². The average Bonchev–Trinajstić information content (AvgIpc) is 3.04. The molecule has 2 N–H and O–H groups in total. The Morgan fingerprint density at radius 3 is 3.26 bits per heavy atom. The molecule has 0 spiro atoms. The molecule has 2 unspecified atom stereocenters. The molecule has 2 aliphatic heterocycles. The summed E-state index contributed by atoms with van der Waals surface area (Å²) in [6.07, 6.45) is 1.94. The highest BCUT2D eigenvalue weighted by molar-refractivity contribution is 5.82. The number of amides is 1. The van der Waals surface area contributed by atoms with Crippen molar-refractivity contribution in [1.29, 1.82) is 0 Å². The Morgan fingerprint density at radius 1 is 1.53 bits per heavy atom. The first-order chi connectivity index (χ1) is 9.29. The molecule has 0 bridgehead atoms. The quantitative estimate of drug-likeness (QED) is 0.790. The third kappa shape index (κ3) is 2.30. The van der Waals surface area contributed by atoms with Crippen LogP contribution in [0.1, 0.15) is 25.7 Å². The monoisotopic (exact) mass is 265 g/mol. The largest absolute Gasteiger partial charge is 0.407 e. The van der Waals surface area contributed by atoms with E-state index < -0.39 is 0 Å². The van der Waals surface area contributed by atoms with E-state index in [9.17, 15) is 4.79 Å². The average molecular weight is 265 g/mol. The second-order valence-corrected chi connectivity index (χ2v) is 5.01. The van der Waals surface area contributed by atoms with Gasteiger partial charge in [0, 0.05) is 13.1 Å². The van der Waals surface area contributed by atoms with Gasteiger partial charge in [0.2, 0.25) is 11.8 Å². The van der Waals surface area contributed by atoms with E-state index in [1.807, 2.05) is 6.92 Å². The molecule has 7 heteroatoms. The fraction of sp³-hybridized carbons (Fsp3) is 0.750. The summed E-state index contributed by atoms with van der Waals surface area (Å²) in [5.41, 5.74) is 0. The van der Waals surface area contributed by atoms with Crippen LogP contribution in [0.25, 0.3) is 0 Å². The Morgan fingerprint density at radius 2 is 2.42 bits per heavy atom. The second kappa shape index (κ2) is 5.16. The van der Waals surface area contributed by atoms with Gasteiger partial charge in [-0.3, -0.25) is 4.79 Å². The van der Waals surface area contributed by atoms with Crippen LogP contribution in [-0.4, -0.2) is 41.8 Å². The lowest BCUT2D eigenvalue weighted by molar-refractivity contribution is -0.123. The summed E-state index contributed by atoms with van der Waals surface area (Å²) in [5.74, 6) is 0.816. The molecule has 3 heterocycles. The summed E-state index contributed by atoms with van der Waals surface area (Å²) in [6, 6.07) is 0.702. The van der Waals surface area contributed by atoms with Gasteiger partial charge in [-0.25, -0.2) is 0 Å². The topological polar surface area (TPSA) is 83.3 Å². The molecule has 1 aromatic heterocycles. The lowest BCUT2D eigenvalue weighted by Gasteiger charge is -2.34. The number of nitrogens with zero attached hydrogens (tertiary/aromatic N) is 3. The van der Waals surface area contributed by atoms with Gasteiger partial charge in [0.15, 0.2) is 0 Å². The normalized spacial score (nSPS) is 26.4. The van der Waals surface area contributed by atoms with E-state index in [-0.39, 0.29) is 17.9 Å². The summed E-state index contributed by atoms with van der Waals surface area (Å²) < 4.78 is 5.67. The first kappa shape index (κ1) is 12.4. The first-order valence-corrected chi connectivity index (χ1v) is 6.87. The Bertz CT molecular complexity index is 461. The number of hydrogen-bond acceptors (Lipinski definition) is 6. The Kier molecular flexibility index (Phi) is 3.37. The number of aromatic nitrogens is 2. The molecule has 104 valence electrons. The van der Waals surface area contributed by atoms with E-state index in [1.54, 1.807) is 0 Å². The zero-order chi connectivity index (χ0) is 13.2. The van der Waals surface area contributed by atoms with Gasteiger partial charge in [0.1, 0.15) is 0 Å². The van der Waals surface area contributed by atoms with Crippen LogP contribution in [0.2, 0.25) is 0 Å². The molecular weight excluding hydrogens is 246 g/mol. The summed E-state index contributed by atoms with van der Waals surface area (Å²) in [6.45, 7) is 5.03. The molecule has 7 nitrogen and oxygen atoms in total. The Balaban J connectivity index is 1.74. The Labute approximate surface area is 111 Å². The zero-order valence-corrected chi connectivity index (χ0v) is 11.1.